The number of carbonyl (C=O) groups is 1. The molecule has 0 saturated heterocycles. The summed E-state index contributed by atoms with van der Waals surface area (Å²) in [5, 5.41) is 0. The van der Waals surface area contributed by atoms with Crippen LogP contribution in [-0.4, -0.2) is 15.5 Å². The predicted molar refractivity (Wildman–Crippen MR) is 101 cm³/mol. The maximum Gasteiger partial charge on any atom is 0.248 e. The van der Waals surface area contributed by atoms with Crippen LogP contribution < -0.4 is 5.73 Å². The first kappa shape index (κ1) is 16.6. The smallest absolute Gasteiger partial charge is 0.248 e. The minimum Gasteiger partial charge on any atom is -0.366 e. The molecule has 2 fully saturated rings. The van der Waals surface area contributed by atoms with Crippen LogP contribution in [0.3, 0.4) is 0 Å². The zero-order chi connectivity index (χ0) is 17.4. The lowest BCUT2D eigenvalue weighted by Crippen LogP contribution is -2.34. The molecular weight excluding hydrogens is 310 g/mol. The quantitative estimate of drug-likeness (QED) is 0.831. The van der Waals surface area contributed by atoms with E-state index in [0.29, 0.717) is 5.56 Å². The Balaban J connectivity index is 1.78. The maximum atomic E-state index is 11.7. The number of nitrogens with two attached hydrogens (primary N) is 1. The standard InChI is InChI=1S/C21H29N3O/c1-21(11-6-12-21)20-23-17-10-9-16(19(22)25)13-18(17)24(20)14-15-7-4-2-3-5-8-15/h9-10,13,15H,2-8,11-12,14H2,1H3,(H2,22,25). The van der Waals surface area contributed by atoms with E-state index in [2.05, 4.69) is 11.5 Å². The highest BCUT2D eigenvalue weighted by molar-refractivity contribution is 5.96. The van der Waals surface area contributed by atoms with Crippen LogP contribution >= 0.6 is 0 Å². The van der Waals surface area contributed by atoms with E-state index in [1.54, 1.807) is 6.07 Å². The van der Waals surface area contributed by atoms with E-state index in [4.69, 9.17) is 10.7 Å². The molecule has 2 aliphatic rings. The summed E-state index contributed by atoms with van der Waals surface area (Å²) in [7, 11) is 0. The second-order valence-corrected chi connectivity index (χ2v) is 8.39. The normalized spacial score (nSPS) is 21.0. The van der Waals surface area contributed by atoms with Gasteiger partial charge in [0.15, 0.2) is 0 Å². The Morgan fingerprint density at radius 2 is 1.92 bits per heavy atom. The molecule has 0 atom stereocenters. The maximum absolute atomic E-state index is 11.7. The summed E-state index contributed by atoms with van der Waals surface area (Å²) in [4.78, 5) is 16.7. The molecule has 1 aromatic heterocycles. The minimum atomic E-state index is -0.361. The number of nitrogens with zero attached hydrogens (tertiary/aromatic N) is 2. The van der Waals surface area contributed by atoms with Crippen molar-refractivity contribution in [2.45, 2.75) is 76.7 Å². The third kappa shape index (κ3) is 3.07. The first-order valence-electron chi connectivity index (χ1n) is 9.87. The van der Waals surface area contributed by atoms with Gasteiger partial charge in [0.25, 0.3) is 0 Å². The van der Waals surface area contributed by atoms with E-state index < -0.39 is 0 Å². The number of benzene rings is 1. The molecule has 4 nitrogen and oxygen atoms in total. The summed E-state index contributed by atoms with van der Waals surface area (Å²) in [5.41, 5.74) is 8.38. The van der Waals surface area contributed by atoms with Crippen molar-refractivity contribution in [3.63, 3.8) is 0 Å². The molecule has 134 valence electrons. The van der Waals surface area contributed by atoms with Crippen LogP contribution in [0.4, 0.5) is 0 Å². The molecule has 0 aliphatic heterocycles. The summed E-state index contributed by atoms with van der Waals surface area (Å²) in [6.07, 6.45) is 11.8. The van der Waals surface area contributed by atoms with Gasteiger partial charge in [0.05, 0.1) is 11.0 Å². The molecule has 2 aromatic rings. The average molecular weight is 339 g/mol. The van der Waals surface area contributed by atoms with Crippen molar-refractivity contribution in [1.29, 1.82) is 0 Å². The van der Waals surface area contributed by atoms with Gasteiger partial charge in [0.2, 0.25) is 5.91 Å². The van der Waals surface area contributed by atoms with Gasteiger partial charge in [-0.25, -0.2) is 4.98 Å². The van der Waals surface area contributed by atoms with E-state index in [1.165, 1.54) is 63.6 Å². The fraction of sp³-hybridized carbons (Fsp3) is 0.619. The molecule has 0 spiro atoms. The first-order valence-corrected chi connectivity index (χ1v) is 9.87. The van der Waals surface area contributed by atoms with Crippen molar-refractivity contribution < 1.29 is 4.79 Å². The highest BCUT2D eigenvalue weighted by atomic mass is 16.1. The van der Waals surface area contributed by atoms with Crippen LogP contribution in [0.5, 0.6) is 0 Å². The van der Waals surface area contributed by atoms with Crippen molar-refractivity contribution in [3.05, 3.63) is 29.6 Å². The first-order chi connectivity index (χ1) is 12.1. The highest BCUT2D eigenvalue weighted by Crippen LogP contribution is 2.44. The fourth-order valence-electron chi connectivity index (χ4n) is 4.66. The Hall–Kier alpha value is -1.84. The van der Waals surface area contributed by atoms with Crippen LogP contribution in [0.1, 0.15) is 80.9 Å². The zero-order valence-electron chi connectivity index (χ0n) is 15.3. The Labute approximate surface area is 149 Å². The second kappa shape index (κ2) is 6.47. The molecule has 4 rings (SSSR count). The molecule has 2 N–H and O–H groups in total. The van der Waals surface area contributed by atoms with Gasteiger partial charge in [0, 0.05) is 17.5 Å². The fourth-order valence-corrected chi connectivity index (χ4v) is 4.66. The third-order valence-electron chi connectivity index (χ3n) is 6.45. The Morgan fingerprint density at radius 1 is 1.20 bits per heavy atom. The molecule has 0 radical (unpaired) electrons. The number of imidazole rings is 1. The predicted octanol–water partition coefficient (Wildman–Crippen LogP) is 4.55. The lowest BCUT2D eigenvalue weighted by atomic mass is 9.70. The van der Waals surface area contributed by atoms with Crippen LogP contribution in [0.25, 0.3) is 11.0 Å². The molecule has 1 aromatic carbocycles. The minimum absolute atomic E-state index is 0.191. The highest BCUT2D eigenvalue weighted by Gasteiger charge is 2.38. The monoisotopic (exact) mass is 339 g/mol. The van der Waals surface area contributed by atoms with E-state index in [0.717, 1.165) is 23.5 Å². The number of fused-ring (bicyclic) bond motifs is 1. The number of hydrogen-bond donors (Lipinski definition) is 1. The Bertz CT molecular complexity index is 780. The lowest BCUT2D eigenvalue weighted by Gasteiger charge is -2.38. The topological polar surface area (TPSA) is 60.9 Å². The van der Waals surface area contributed by atoms with E-state index in [-0.39, 0.29) is 11.3 Å². The molecule has 0 unspecified atom stereocenters. The van der Waals surface area contributed by atoms with Crippen molar-refractivity contribution in [2.24, 2.45) is 11.7 Å². The van der Waals surface area contributed by atoms with Crippen LogP contribution in [0.15, 0.2) is 18.2 Å². The van der Waals surface area contributed by atoms with Gasteiger partial charge in [-0.05, 0) is 49.8 Å². The molecule has 2 aliphatic carbocycles. The van der Waals surface area contributed by atoms with Crippen molar-refractivity contribution >= 4 is 16.9 Å². The summed E-state index contributed by atoms with van der Waals surface area (Å²) >= 11 is 0. The molecule has 2 saturated carbocycles. The number of primary amides is 1. The van der Waals surface area contributed by atoms with Crippen LogP contribution in [0, 0.1) is 5.92 Å². The summed E-state index contributed by atoms with van der Waals surface area (Å²) in [6, 6.07) is 5.72. The summed E-state index contributed by atoms with van der Waals surface area (Å²) < 4.78 is 2.43. The third-order valence-corrected chi connectivity index (χ3v) is 6.45. The zero-order valence-corrected chi connectivity index (χ0v) is 15.3. The van der Waals surface area contributed by atoms with Gasteiger partial charge in [-0.2, -0.15) is 0 Å². The van der Waals surface area contributed by atoms with Crippen LogP contribution in [-0.2, 0) is 12.0 Å². The Kier molecular flexibility index (Phi) is 4.30. The molecule has 1 heterocycles. The van der Waals surface area contributed by atoms with Crippen LogP contribution in [0.2, 0.25) is 0 Å². The number of rotatable bonds is 4. The Morgan fingerprint density at radius 3 is 2.52 bits per heavy atom. The molecular formula is C21H29N3O. The van der Waals surface area contributed by atoms with Crippen molar-refractivity contribution in [2.75, 3.05) is 0 Å². The molecule has 4 heteroatoms. The van der Waals surface area contributed by atoms with Gasteiger partial charge in [-0.3, -0.25) is 4.79 Å². The van der Waals surface area contributed by atoms with E-state index in [1.807, 2.05) is 12.1 Å². The molecule has 1 amide bonds. The average Bonchev–Trinajstić information content (AvgIpc) is 2.74. The largest absolute Gasteiger partial charge is 0.366 e. The summed E-state index contributed by atoms with van der Waals surface area (Å²) in [6.45, 7) is 3.37. The molecule has 0 bridgehead atoms. The SMILES string of the molecule is CC1(c2nc3ccc(C(N)=O)cc3n2CC2CCCCCC2)CCC1. The molecule has 25 heavy (non-hydrogen) atoms. The van der Waals surface area contributed by atoms with E-state index in [9.17, 15) is 4.79 Å². The van der Waals surface area contributed by atoms with Gasteiger partial charge < -0.3 is 10.3 Å². The second-order valence-electron chi connectivity index (χ2n) is 8.39. The van der Waals surface area contributed by atoms with Gasteiger partial charge in [-0.1, -0.05) is 39.0 Å². The number of amides is 1. The number of carbonyl (C=O) groups excluding carboxylic acids is 1. The van der Waals surface area contributed by atoms with Gasteiger partial charge >= 0.3 is 0 Å². The van der Waals surface area contributed by atoms with Gasteiger partial charge in [0.1, 0.15) is 5.82 Å². The number of hydrogen-bond acceptors (Lipinski definition) is 2. The van der Waals surface area contributed by atoms with E-state index >= 15 is 0 Å². The van der Waals surface area contributed by atoms with Crippen molar-refractivity contribution in [1.82, 2.24) is 9.55 Å². The van der Waals surface area contributed by atoms with Crippen molar-refractivity contribution in [3.8, 4) is 0 Å². The summed E-state index contributed by atoms with van der Waals surface area (Å²) in [5.74, 6) is 1.58. The lowest BCUT2D eigenvalue weighted by molar-refractivity contribution is 0.100. The number of aromatic nitrogens is 2. The van der Waals surface area contributed by atoms with Gasteiger partial charge in [-0.15, -0.1) is 0 Å².